The zero-order valence-corrected chi connectivity index (χ0v) is 12.0. The molecule has 0 aromatic heterocycles. The summed E-state index contributed by atoms with van der Waals surface area (Å²) in [6, 6.07) is 0. The van der Waals surface area contributed by atoms with Gasteiger partial charge in [0, 0.05) is 6.54 Å². The molecule has 1 atom stereocenters. The van der Waals surface area contributed by atoms with E-state index in [1.807, 2.05) is 0 Å². The quantitative estimate of drug-likeness (QED) is 0.182. The van der Waals surface area contributed by atoms with Crippen LogP contribution in [-0.4, -0.2) is 57.0 Å². The molecule has 20 heavy (non-hydrogen) atoms. The van der Waals surface area contributed by atoms with Crippen LogP contribution >= 0.6 is 0 Å². The molecule has 0 spiro atoms. The van der Waals surface area contributed by atoms with Gasteiger partial charge in [-0.25, -0.2) is 0 Å². The average molecular weight is 292 g/mol. The molecule has 0 aliphatic rings. The lowest BCUT2D eigenvalue weighted by atomic mass is 10.2. The van der Waals surface area contributed by atoms with E-state index in [4.69, 9.17) is 20.9 Å². The molecule has 8 heteroatoms. The number of aliphatic hydroxyl groups excluding tert-OH is 1. The number of hydrogen-bond acceptors (Lipinski definition) is 7. The van der Waals surface area contributed by atoms with Crippen LogP contribution in [0.5, 0.6) is 0 Å². The fourth-order valence-corrected chi connectivity index (χ4v) is 1.47. The number of ether oxygens (including phenoxy) is 2. The average Bonchev–Trinajstić information content (AvgIpc) is 2.42. The highest BCUT2D eigenvalue weighted by Crippen LogP contribution is 2.01. The van der Waals surface area contributed by atoms with Gasteiger partial charge >= 0.3 is 0 Å². The summed E-state index contributed by atoms with van der Waals surface area (Å²) in [5.74, 6) is -0.469. The second kappa shape index (κ2) is 14.6. The van der Waals surface area contributed by atoms with Crippen molar-refractivity contribution in [1.82, 2.24) is 10.6 Å². The Balaban J connectivity index is 3.10. The summed E-state index contributed by atoms with van der Waals surface area (Å²) >= 11 is 0. The third kappa shape index (κ3) is 15.3. The van der Waals surface area contributed by atoms with Crippen LogP contribution < -0.4 is 22.1 Å². The number of primary amides is 1. The molecule has 1 amide bonds. The van der Waals surface area contributed by atoms with Crippen molar-refractivity contribution in [3.05, 3.63) is 0 Å². The van der Waals surface area contributed by atoms with Crippen LogP contribution in [-0.2, 0) is 14.3 Å². The molecule has 0 radical (unpaired) electrons. The minimum absolute atomic E-state index is 0.00624. The van der Waals surface area contributed by atoms with Crippen LogP contribution in [0.1, 0.15) is 25.7 Å². The van der Waals surface area contributed by atoms with Crippen LogP contribution in [0.25, 0.3) is 0 Å². The van der Waals surface area contributed by atoms with Crippen molar-refractivity contribution in [3.63, 3.8) is 0 Å². The van der Waals surface area contributed by atoms with Crippen molar-refractivity contribution in [2.75, 3.05) is 39.8 Å². The predicted molar refractivity (Wildman–Crippen MR) is 75.5 cm³/mol. The molecule has 0 rings (SSSR count). The first-order valence-electron chi connectivity index (χ1n) is 6.93. The van der Waals surface area contributed by atoms with Gasteiger partial charge in [-0.05, 0) is 25.8 Å². The van der Waals surface area contributed by atoms with Gasteiger partial charge in [-0.1, -0.05) is 6.42 Å². The Kier molecular flexibility index (Phi) is 14.1. The van der Waals surface area contributed by atoms with Crippen molar-refractivity contribution < 1.29 is 19.4 Å². The van der Waals surface area contributed by atoms with Gasteiger partial charge in [-0.2, -0.15) is 0 Å². The number of unbranched alkanes of at least 4 members (excludes halogenated alkanes) is 2. The number of carbonyl (C=O) groups excluding carboxylic acids is 1. The first-order valence-corrected chi connectivity index (χ1v) is 6.93. The number of rotatable bonds is 15. The number of hydrogen-bond donors (Lipinski definition) is 5. The smallest absolute Gasteiger partial charge is 0.231 e. The Labute approximate surface area is 120 Å². The van der Waals surface area contributed by atoms with Crippen molar-refractivity contribution in [3.8, 4) is 0 Å². The summed E-state index contributed by atoms with van der Waals surface area (Å²) in [5, 5.41) is 15.2. The van der Waals surface area contributed by atoms with Gasteiger partial charge in [0.2, 0.25) is 5.91 Å². The van der Waals surface area contributed by atoms with E-state index in [-0.39, 0.29) is 13.3 Å². The number of carbonyl (C=O) groups is 1. The molecule has 0 aliphatic heterocycles. The Morgan fingerprint density at radius 2 is 2.05 bits per heavy atom. The maximum absolute atomic E-state index is 10.5. The molecule has 0 unspecified atom stereocenters. The zero-order chi connectivity index (χ0) is 15.1. The minimum Gasteiger partial charge on any atom is -0.379 e. The lowest BCUT2D eigenvalue weighted by molar-refractivity contribution is -0.117. The van der Waals surface area contributed by atoms with E-state index < -0.39 is 12.1 Å². The van der Waals surface area contributed by atoms with Crippen LogP contribution in [0.4, 0.5) is 0 Å². The van der Waals surface area contributed by atoms with E-state index in [0.29, 0.717) is 26.3 Å². The van der Waals surface area contributed by atoms with E-state index in [2.05, 4.69) is 10.6 Å². The Morgan fingerprint density at radius 1 is 1.25 bits per heavy atom. The molecule has 0 aliphatic carbocycles. The summed E-state index contributed by atoms with van der Waals surface area (Å²) in [7, 11) is 0. The largest absolute Gasteiger partial charge is 0.379 e. The van der Waals surface area contributed by atoms with Gasteiger partial charge in [0.05, 0.1) is 19.9 Å². The van der Waals surface area contributed by atoms with E-state index in [1.165, 1.54) is 0 Å². The van der Waals surface area contributed by atoms with Crippen molar-refractivity contribution in [1.29, 1.82) is 0 Å². The highest BCUT2D eigenvalue weighted by atomic mass is 16.7. The summed E-state index contributed by atoms with van der Waals surface area (Å²) in [5.41, 5.74) is 10.2. The second-order valence-electron chi connectivity index (χ2n) is 4.38. The summed E-state index contributed by atoms with van der Waals surface area (Å²) in [4.78, 5) is 10.5. The highest BCUT2D eigenvalue weighted by molar-refractivity contribution is 5.75. The molecule has 0 fully saturated rings. The summed E-state index contributed by atoms with van der Waals surface area (Å²) in [6.07, 6.45) is 2.81. The molecule has 7 N–H and O–H groups in total. The molecule has 0 saturated carbocycles. The molecule has 0 aromatic rings. The van der Waals surface area contributed by atoms with Crippen LogP contribution in [0.3, 0.4) is 0 Å². The Hall–Kier alpha value is -0.770. The molecule has 0 saturated heterocycles. The zero-order valence-electron chi connectivity index (χ0n) is 12.0. The van der Waals surface area contributed by atoms with Gasteiger partial charge in [0.15, 0.2) is 0 Å². The highest BCUT2D eigenvalue weighted by Gasteiger charge is 2.03. The molecule has 0 bridgehead atoms. The van der Waals surface area contributed by atoms with E-state index in [1.54, 1.807) is 0 Å². The van der Waals surface area contributed by atoms with Crippen LogP contribution in [0.2, 0.25) is 0 Å². The number of nitrogens with two attached hydrogens (primary N) is 2. The standard InChI is InChI=1S/C12H28N4O4/c13-5-7-19-10-20-9-15-6-3-1-2-4-12(18)16-8-11(14)17/h12,15-16,18H,1-10,13H2,(H2,14,17)/t12-/m0/s1. The second-order valence-corrected chi connectivity index (χ2v) is 4.38. The van der Waals surface area contributed by atoms with Crippen molar-refractivity contribution in [2.24, 2.45) is 11.5 Å². The van der Waals surface area contributed by atoms with Gasteiger partial charge in [-0.15, -0.1) is 0 Å². The molecule has 0 aromatic carbocycles. The normalized spacial score (nSPS) is 12.5. The van der Waals surface area contributed by atoms with Crippen LogP contribution in [0.15, 0.2) is 0 Å². The lowest BCUT2D eigenvalue weighted by Crippen LogP contribution is -2.36. The van der Waals surface area contributed by atoms with E-state index >= 15 is 0 Å². The summed E-state index contributed by atoms with van der Waals surface area (Å²) < 4.78 is 10.2. The number of amides is 1. The third-order valence-electron chi connectivity index (χ3n) is 2.48. The van der Waals surface area contributed by atoms with Gasteiger partial charge in [0.25, 0.3) is 0 Å². The Bertz CT molecular complexity index is 232. The van der Waals surface area contributed by atoms with Gasteiger partial charge in [0.1, 0.15) is 13.0 Å². The fourth-order valence-electron chi connectivity index (χ4n) is 1.47. The van der Waals surface area contributed by atoms with Crippen LogP contribution in [0, 0.1) is 0 Å². The first kappa shape index (κ1) is 19.2. The maximum atomic E-state index is 10.5. The number of aliphatic hydroxyl groups is 1. The molecular formula is C12H28N4O4. The van der Waals surface area contributed by atoms with Gasteiger partial charge < -0.3 is 26.0 Å². The van der Waals surface area contributed by atoms with Crippen molar-refractivity contribution in [2.45, 2.75) is 31.9 Å². The third-order valence-corrected chi connectivity index (χ3v) is 2.48. The van der Waals surface area contributed by atoms with E-state index in [0.717, 1.165) is 25.8 Å². The monoisotopic (exact) mass is 292 g/mol. The number of nitrogens with one attached hydrogen (secondary N) is 2. The first-order chi connectivity index (χ1) is 9.66. The minimum atomic E-state index is -0.668. The molecule has 120 valence electrons. The summed E-state index contributed by atoms with van der Waals surface area (Å²) in [6.45, 7) is 2.56. The van der Waals surface area contributed by atoms with E-state index in [9.17, 15) is 9.90 Å². The Morgan fingerprint density at radius 3 is 2.75 bits per heavy atom. The maximum Gasteiger partial charge on any atom is 0.231 e. The SMILES string of the molecule is NCCOCOCNCCCCC[C@H](O)NCC(N)=O. The van der Waals surface area contributed by atoms with Crippen molar-refractivity contribution >= 4 is 5.91 Å². The molecule has 0 heterocycles. The fraction of sp³-hybridized carbons (Fsp3) is 0.917. The predicted octanol–water partition coefficient (Wildman–Crippen LogP) is -1.56. The molecular weight excluding hydrogens is 264 g/mol. The van der Waals surface area contributed by atoms with Gasteiger partial charge in [-0.3, -0.25) is 15.4 Å². The lowest BCUT2D eigenvalue weighted by Gasteiger charge is -2.11. The molecule has 8 nitrogen and oxygen atoms in total. The topological polar surface area (TPSA) is 132 Å².